The van der Waals surface area contributed by atoms with Gasteiger partial charge in [0.1, 0.15) is 12.6 Å². The van der Waals surface area contributed by atoms with E-state index < -0.39 is 17.9 Å². The van der Waals surface area contributed by atoms with E-state index in [2.05, 4.69) is 10.1 Å². The molecular weight excluding hydrogens is 270 g/mol. The van der Waals surface area contributed by atoms with E-state index in [9.17, 15) is 14.7 Å². The molecule has 0 bridgehead atoms. The van der Waals surface area contributed by atoms with Crippen LogP contribution in [0.3, 0.4) is 0 Å². The molecule has 0 unspecified atom stereocenters. The number of hydrogen-bond acceptors (Lipinski definition) is 3. The van der Waals surface area contributed by atoms with Gasteiger partial charge >= 0.3 is 5.97 Å². The van der Waals surface area contributed by atoms with Crippen molar-refractivity contribution in [3.8, 4) is 0 Å². The largest absolute Gasteiger partial charge is 0.480 e. The Bertz CT molecular complexity index is 654. The molecule has 1 amide bonds. The Balaban J connectivity index is 2.14. The lowest BCUT2D eigenvalue weighted by molar-refractivity contribution is -0.142. The smallest absolute Gasteiger partial charge is 0.326 e. The van der Waals surface area contributed by atoms with E-state index in [0.717, 1.165) is 16.3 Å². The molecule has 0 heterocycles. The number of carbonyl (C=O) groups is 2. The van der Waals surface area contributed by atoms with Gasteiger partial charge in [0.05, 0.1) is 0 Å². The van der Waals surface area contributed by atoms with Gasteiger partial charge in [0.2, 0.25) is 5.91 Å². The van der Waals surface area contributed by atoms with Gasteiger partial charge in [0.15, 0.2) is 0 Å². The van der Waals surface area contributed by atoms with Crippen LogP contribution >= 0.6 is 0 Å². The summed E-state index contributed by atoms with van der Waals surface area (Å²) in [6.45, 7) is -0.151. The van der Waals surface area contributed by atoms with Crippen LogP contribution in [0.1, 0.15) is 5.56 Å². The van der Waals surface area contributed by atoms with Crippen molar-refractivity contribution in [3.05, 3.63) is 48.0 Å². The molecule has 1 atom stereocenters. The first-order chi connectivity index (χ1) is 10.1. The Morgan fingerprint density at radius 2 is 1.90 bits per heavy atom. The molecule has 0 aliphatic carbocycles. The van der Waals surface area contributed by atoms with E-state index >= 15 is 0 Å². The molecule has 0 fully saturated rings. The van der Waals surface area contributed by atoms with Crippen molar-refractivity contribution in [2.75, 3.05) is 13.7 Å². The van der Waals surface area contributed by atoms with Crippen molar-refractivity contribution in [1.82, 2.24) is 5.32 Å². The average molecular weight is 287 g/mol. The summed E-state index contributed by atoms with van der Waals surface area (Å²) in [6, 6.07) is 12.6. The van der Waals surface area contributed by atoms with Gasteiger partial charge in [-0.25, -0.2) is 4.79 Å². The second-order valence-electron chi connectivity index (χ2n) is 4.78. The standard InChI is InChI=1S/C16H17NO4/c1-21-10-15(18)17-14(16(19)20)9-11-6-7-12-4-2-3-5-13(12)8-11/h2-8,14H,9-10H2,1H3,(H,17,18)(H,19,20)/t14-/m1/s1. The molecule has 0 saturated carbocycles. The summed E-state index contributed by atoms with van der Waals surface area (Å²) >= 11 is 0. The van der Waals surface area contributed by atoms with Gasteiger partial charge in [-0.3, -0.25) is 4.79 Å². The highest BCUT2D eigenvalue weighted by molar-refractivity contribution is 5.85. The first-order valence-corrected chi connectivity index (χ1v) is 6.59. The number of nitrogens with one attached hydrogen (secondary N) is 1. The van der Waals surface area contributed by atoms with Crippen LogP contribution in [0.5, 0.6) is 0 Å². The van der Waals surface area contributed by atoms with Crippen LogP contribution in [0, 0.1) is 0 Å². The van der Waals surface area contributed by atoms with Gasteiger partial charge in [-0.1, -0.05) is 42.5 Å². The Kier molecular flexibility index (Phi) is 4.90. The minimum atomic E-state index is -1.06. The zero-order chi connectivity index (χ0) is 15.2. The molecule has 5 nitrogen and oxygen atoms in total. The third-order valence-electron chi connectivity index (χ3n) is 3.16. The van der Waals surface area contributed by atoms with E-state index in [4.69, 9.17) is 0 Å². The highest BCUT2D eigenvalue weighted by Crippen LogP contribution is 2.16. The Morgan fingerprint density at radius 1 is 1.19 bits per heavy atom. The summed E-state index contributed by atoms with van der Waals surface area (Å²) in [4.78, 5) is 22.7. The normalized spacial score (nSPS) is 12.0. The summed E-state index contributed by atoms with van der Waals surface area (Å²) in [6.07, 6.45) is 0.232. The van der Waals surface area contributed by atoms with Crippen molar-refractivity contribution in [2.24, 2.45) is 0 Å². The first-order valence-electron chi connectivity index (χ1n) is 6.59. The van der Waals surface area contributed by atoms with Crippen molar-refractivity contribution >= 4 is 22.6 Å². The molecule has 21 heavy (non-hydrogen) atoms. The maximum absolute atomic E-state index is 11.5. The van der Waals surface area contributed by atoms with E-state index in [1.54, 1.807) is 0 Å². The topological polar surface area (TPSA) is 75.6 Å². The van der Waals surface area contributed by atoms with E-state index in [1.807, 2.05) is 42.5 Å². The minimum Gasteiger partial charge on any atom is -0.480 e. The van der Waals surface area contributed by atoms with Crippen molar-refractivity contribution < 1.29 is 19.4 Å². The molecule has 0 saturated heterocycles. The third kappa shape index (κ3) is 4.03. The fourth-order valence-electron chi connectivity index (χ4n) is 2.17. The fraction of sp³-hybridized carbons (Fsp3) is 0.250. The van der Waals surface area contributed by atoms with Crippen molar-refractivity contribution in [3.63, 3.8) is 0 Å². The number of fused-ring (bicyclic) bond motifs is 1. The molecule has 110 valence electrons. The maximum atomic E-state index is 11.5. The van der Waals surface area contributed by atoms with Crippen LogP contribution in [0.4, 0.5) is 0 Å². The monoisotopic (exact) mass is 287 g/mol. The van der Waals surface area contributed by atoms with Crippen LogP contribution < -0.4 is 5.32 Å². The fourth-order valence-corrected chi connectivity index (χ4v) is 2.17. The summed E-state index contributed by atoms with van der Waals surface area (Å²) < 4.78 is 4.69. The summed E-state index contributed by atoms with van der Waals surface area (Å²) in [7, 11) is 1.39. The lowest BCUT2D eigenvalue weighted by atomic mass is 10.0. The molecule has 5 heteroatoms. The number of benzene rings is 2. The van der Waals surface area contributed by atoms with Gasteiger partial charge < -0.3 is 15.2 Å². The summed E-state index contributed by atoms with van der Waals surface area (Å²) in [5, 5.41) is 13.8. The number of carboxylic acid groups (broad SMARTS) is 1. The van der Waals surface area contributed by atoms with Crippen LogP contribution in [0.15, 0.2) is 42.5 Å². The predicted molar refractivity (Wildman–Crippen MR) is 79.1 cm³/mol. The maximum Gasteiger partial charge on any atom is 0.326 e. The zero-order valence-electron chi connectivity index (χ0n) is 11.7. The zero-order valence-corrected chi connectivity index (χ0v) is 11.7. The summed E-state index contributed by atoms with van der Waals surface area (Å²) in [5.41, 5.74) is 0.860. The molecule has 0 aliphatic heterocycles. The highest BCUT2D eigenvalue weighted by Gasteiger charge is 2.20. The highest BCUT2D eigenvalue weighted by atomic mass is 16.5. The molecule has 2 aromatic rings. The average Bonchev–Trinajstić information content (AvgIpc) is 2.46. The SMILES string of the molecule is COCC(=O)N[C@H](Cc1ccc2ccccc2c1)C(=O)O. The third-order valence-corrected chi connectivity index (χ3v) is 3.16. The number of rotatable bonds is 6. The van der Waals surface area contributed by atoms with Gasteiger partial charge in [0.25, 0.3) is 0 Å². The van der Waals surface area contributed by atoms with Gasteiger partial charge in [0, 0.05) is 13.5 Å². The van der Waals surface area contributed by atoms with E-state index in [1.165, 1.54) is 7.11 Å². The van der Waals surface area contributed by atoms with Crippen molar-refractivity contribution in [2.45, 2.75) is 12.5 Å². The Labute approximate surface area is 122 Å². The Hall–Kier alpha value is -2.40. The molecule has 2 rings (SSSR count). The second-order valence-corrected chi connectivity index (χ2v) is 4.78. The molecule has 0 spiro atoms. The molecule has 0 aliphatic rings. The van der Waals surface area contributed by atoms with Gasteiger partial charge in [-0.15, -0.1) is 0 Å². The quantitative estimate of drug-likeness (QED) is 0.846. The van der Waals surface area contributed by atoms with Gasteiger partial charge in [-0.05, 0) is 16.3 Å². The summed E-state index contributed by atoms with van der Waals surface area (Å²) in [5.74, 6) is -1.50. The molecule has 0 radical (unpaired) electrons. The number of amides is 1. The second kappa shape index (κ2) is 6.85. The first kappa shape index (κ1) is 15.0. The lowest BCUT2D eigenvalue weighted by Gasteiger charge is -2.14. The van der Waals surface area contributed by atoms with E-state index in [0.29, 0.717) is 0 Å². The molecule has 2 aromatic carbocycles. The van der Waals surface area contributed by atoms with Crippen LogP contribution in [0.25, 0.3) is 10.8 Å². The predicted octanol–water partition coefficient (Wildman–Crippen LogP) is 1.60. The number of hydrogen-bond donors (Lipinski definition) is 2. The van der Waals surface area contributed by atoms with E-state index in [-0.39, 0.29) is 13.0 Å². The molecule has 0 aromatic heterocycles. The number of carbonyl (C=O) groups excluding carboxylic acids is 1. The van der Waals surface area contributed by atoms with Crippen LogP contribution in [-0.2, 0) is 20.7 Å². The number of ether oxygens (including phenoxy) is 1. The Morgan fingerprint density at radius 3 is 2.57 bits per heavy atom. The van der Waals surface area contributed by atoms with Gasteiger partial charge in [-0.2, -0.15) is 0 Å². The number of carboxylic acids is 1. The minimum absolute atomic E-state index is 0.151. The van der Waals surface area contributed by atoms with Crippen molar-refractivity contribution in [1.29, 1.82) is 0 Å². The molecule has 2 N–H and O–H groups in total. The van der Waals surface area contributed by atoms with Crippen LogP contribution in [0.2, 0.25) is 0 Å². The lowest BCUT2D eigenvalue weighted by Crippen LogP contribution is -2.43. The number of methoxy groups -OCH3 is 1. The van der Waals surface area contributed by atoms with Crippen LogP contribution in [-0.4, -0.2) is 36.7 Å². The molecular formula is C16H17NO4. The number of aliphatic carboxylic acids is 1.